The predicted molar refractivity (Wildman–Crippen MR) is 71.4 cm³/mol. The van der Waals surface area contributed by atoms with Crippen LogP contribution in [-0.2, 0) is 0 Å². The maximum Gasteiger partial charge on any atom is 0.126 e. The van der Waals surface area contributed by atoms with Gasteiger partial charge in [-0.2, -0.15) is 0 Å². The van der Waals surface area contributed by atoms with E-state index in [1.807, 2.05) is 19.1 Å². The lowest BCUT2D eigenvalue weighted by Crippen LogP contribution is -2.02. The summed E-state index contributed by atoms with van der Waals surface area (Å²) in [5.74, 6) is -0.277. The van der Waals surface area contributed by atoms with E-state index in [0.29, 0.717) is 21.7 Å². The summed E-state index contributed by atoms with van der Waals surface area (Å²) < 4.78 is 13.2. The lowest BCUT2D eigenvalue weighted by Gasteiger charge is -2.15. The van der Waals surface area contributed by atoms with Gasteiger partial charge in [0.2, 0.25) is 0 Å². The summed E-state index contributed by atoms with van der Waals surface area (Å²) in [4.78, 5) is 0. The van der Waals surface area contributed by atoms with E-state index in [1.165, 1.54) is 6.07 Å². The van der Waals surface area contributed by atoms with Gasteiger partial charge in [0.05, 0.1) is 0 Å². The standard InChI is InChI=1S/C15H14ClFO/c1-9-4-3-5-12(14(9)16)15(18)11-6-7-13(17)10(2)8-11/h3-8,15,18H,1-2H3. The molecule has 94 valence electrons. The number of halogens is 2. The molecule has 1 atom stereocenters. The van der Waals surface area contributed by atoms with Crippen LogP contribution in [0.15, 0.2) is 36.4 Å². The van der Waals surface area contributed by atoms with Gasteiger partial charge in [-0.1, -0.05) is 41.9 Å². The topological polar surface area (TPSA) is 20.2 Å². The van der Waals surface area contributed by atoms with Crippen molar-refractivity contribution in [1.29, 1.82) is 0 Å². The molecule has 2 aromatic rings. The number of hydrogen-bond acceptors (Lipinski definition) is 1. The predicted octanol–water partition coefficient (Wildman–Crippen LogP) is 4.18. The SMILES string of the molecule is Cc1cc(C(O)c2cccc(C)c2Cl)ccc1F. The quantitative estimate of drug-likeness (QED) is 0.863. The zero-order valence-corrected chi connectivity index (χ0v) is 11.0. The molecular formula is C15H14ClFO. The Morgan fingerprint density at radius 2 is 1.83 bits per heavy atom. The molecule has 1 nitrogen and oxygen atoms in total. The van der Waals surface area contributed by atoms with E-state index in [1.54, 1.807) is 25.1 Å². The van der Waals surface area contributed by atoms with Crippen molar-refractivity contribution in [3.63, 3.8) is 0 Å². The van der Waals surface area contributed by atoms with Gasteiger partial charge in [0.15, 0.2) is 0 Å². The average Bonchev–Trinajstić information content (AvgIpc) is 2.35. The van der Waals surface area contributed by atoms with Crippen LogP contribution in [0.5, 0.6) is 0 Å². The monoisotopic (exact) mass is 264 g/mol. The van der Waals surface area contributed by atoms with Crippen LogP contribution in [0.1, 0.15) is 28.4 Å². The maximum absolute atomic E-state index is 13.2. The Morgan fingerprint density at radius 3 is 2.50 bits per heavy atom. The number of benzene rings is 2. The second-order valence-corrected chi connectivity index (χ2v) is 4.77. The van der Waals surface area contributed by atoms with E-state index in [0.717, 1.165) is 5.56 Å². The number of aliphatic hydroxyl groups is 1. The lowest BCUT2D eigenvalue weighted by molar-refractivity contribution is 0.220. The Labute approximate surface area is 111 Å². The number of hydrogen-bond donors (Lipinski definition) is 1. The lowest BCUT2D eigenvalue weighted by atomic mass is 9.98. The normalized spacial score (nSPS) is 12.5. The van der Waals surface area contributed by atoms with Gasteiger partial charge in [0.1, 0.15) is 11.9 Å². The molecule has 0 spiro atoms. The molecule has 1 unspecified atom stereocenters. The molecule has 0 saturated heterocycles. The Kier molecular flexibility index (Phi) is 3.69. The largest absolute Gasteiger partial charge is 0.384 e. The van der Waals surface area contributed by atoms with Gasteiger partial charge in [-0.25, -0.2) is 4.39 Å². The van der Waals surface area contributed by atoms with Crippen molar-refractivity contribution >= 4 is 11.6 Å². The molecule has 0 aliphatic rings. The fraction of sp³-hybridized carbons (Fsp3) is 0.200. The van der Waals surface area contributed by atoms with Gasteiger partial charge in [-0.3, -0.25) is 0 Å². The fourth-order valence-electron chi connectivity index (χ4n) is 1.90. The average molecular weight is 265 g/mol. The van der Waals surface area contributed by atoms with E-state index in [9.17, 15) is 9.50 Å². The van der Waals surface area contributed by atoms with Crippen molar-refractivity contribution in [2.75, 3.05) is 0 Å². The summed E-state index contributed by atoms with van der Waals surface area (Å²) in [6, 6.07) is 10.1. The third-order valence-corrected chi connectivity index (χ3v) is 3.53. The van der Waals surface area contributed by atoms with Crippen molar-refractivity contribution in [3.8, 4) is 0 Å². The molecule has 0 aromatic heterocycles. The van der Waals surface area contributed by atoms with Gasteiger partial charge in [0, 0.05) is 10.6 Å². The summed E-state index contributed by atoms with van der Waals surface area (Å²) in [7, 11) is 0. The summed E-state index contributed by atoms with van der Waals surface area (Å²) in [6.07, 6.45) is -0.836. The second-order valence-electron chi connectivity index (χ2n) is 4.39. The van der Waals surface area contributed by atoms with Crippen LogP contribution in [0.4, 0.5) is 4.39 Å². The van der Waals surface area contributed by atoms with Crippen molar-refractivity contribution in [1.82, 2.24) is 0 Å². The molecule has 0 fully saturated rings. The van der Waals surface area contributed by atoms with Crippen molar-refractivity contribution in [3.05, 3.63) is 69.5 Å². The highest BCUT2D eigenvalue weighted by atomic mass is 35.5. The minimum absolute atomic E-state index is 0.277. The van der Waals surface area contributed by atoms with Gasteiger partial charge < -0.3 is 5.11 Å². The number of rotatable bonds is 2. The Bertz CT molecular complexity index is 581. The fourth-order valence-corrected chi connectivity index (χ4v) is 2.13. The third kappa shape index (κ3) is 2.40. The third-order valence-electron chi connectivity index (χ3n) is 3.01. The van der Waals surface area contributed by atoms with Crippen LogP contribution in [0.25, 0.3) is 0 Å². The molecule has 0 aliphatic carbocycles. The van der Waals surface area contributed by atoms with E-state index < -0.39 is 6.10 Å². The Balaban J connectivity index is 2.44. The molecule has 0 bridgehead atoms. The summed E-state index contributed by atoms with van der Waals surface area (Å²) >= 11 is 6.17. The molecule has 0 heterocycles. The van der Waals surface area contributed by atoms with Crippen LogP contribution in [0.2, 0.25) is 5.02 Å². The van der Waals surface area contributed by atoms with E-state index >= 15 is 0 Å². The van der Waals surface area contributed by atoms with Gasteiger partial charge >= 0.3 is 0 Å². The minimum Gasteiger partial charge on any atom is -0.384 e. The molecule has 3 heteroatoms. The molecule has 0 amide bonds. The molecule has 18 heavy (non-hydrogen) atoms. The zero-order chi connectivity index (χ0) is 13.3. The molecule has 0 radical (unpaired) electrons. The molecule has 2 aromatic carbocycles. The first-order valence-electron chi connectivity index (χ1n) is 5.70. The Morgan fingerprint density at radius 1 is 1.11 bits per heavy atom. The number of aryl methyl sites for hydroxylation is 2. The highest BCUT2D eigenvalue weighted by Crippen LogP contribution is 2.30. The highest BCUT2D eigenvalue weighted by Gasteiger charge is 2.15. The zero-order valence-electron chi connectivity index (χ0n) is 10.2. The van der Waals surface area contributed by atoms with Crippen LogP contribution in [-0.4, -0.2) is 5.11 Å². The van der Waals surface area contributed by atoms with Crippen molar-refractivity contribution < 1.29 is 9.50 Å². The first-order valence-corrected chi connectivity index (χ1v) is 6.07. The highest BCUT2D eigenvalue weighted by molar-refractivity contribution is 6.32. The van der Waals surface area contributed by atoms with Gasteiger partial charge in [0.25, 0.3) is 0 Å². The van der Waals surface area contributed by atoms with E-state index in [2.05, 4.69) is 0 Å². The molecule has 1 N–H and O–H groups in total. The summed E-state index contributed by atoms with van der Waals surface area (Å²) in [6.45, 7) is 3.55. The van der Waals surface area contributed by atoms with Gasteiger partial charge in [-0.15, -0.1) is 0 Å². The Hall–Kier alpha value is -1.38. The van der Waals surface area contributed by atoms with Gasteiger partial charge in [-0.05, 0) is 36.6 Å². The first-order chi connectivity index (χ1) is 8.50. The summed E-state index contributed by atoms with van der Waals surface area (Å²) in [5.41, 5.74) is 2.70. The van der Waals surface area contributed by atoms with Crippen LogP contribution in [0.3, 0.4) is 0 Å². The molecule has 0 saturated carbocycles. The minimum atomic E-state index is -0.836. The van der Waals surface area contributed by atoms with Crippen LogP contribution < -0.4 is 0 Å². The molecule has 0 aliphatic heterocycles. The smallest absolute Gasteiger partial charge is 0.126 e. The number of aliphatic hydroxyl groups excluding tert-OH is 1. The van der Waals surface area contributed by atoms with E-state index in [4.69, 9.17) is 11.6 Å². The molecule has 2 rings (SSSR count). The van der Waals surface area contributed by atoms with Crippen LogP contribution >= 0.6 is 11.6 Å². The second kappa shape index (κ2) is 5.09. The summed E-state index contributed by atoms with van der Waals surface area (Å²) in [5, 5.41) is 10.9. The van der Waals surface area contributed by atoms with E-state index in [-0.39, 0.29) is 5.82 Å². The van der Waals surface area contributed by atoms with Crippen molar-refractivity contribution in [2.24, 2.45) is 0 Å². The maximum atomic E-state index is 13.2. The molecular weight excluding hydrogens is 251 g/mol. The van der Waals surface area contributed by atoms with Crippen LogP contribution in [0, 0.1) is 19.7 Å². The first kappa shape index (κ1) is 13.1. The van der Waals surface area contributed by atoms with Crippen molar-refractivity contribution in [2.45, 2.75) is 20.0 Å².